The third-order valence-electron chi connectivity index (χ3n) is 5.15. The Hall–Kier alpha value is -2.59. The van der Waals surface area contributed by atoms with Gasteiger partial charge >= 0.3 is 0 Å². The van der Waals surface area contributed by atoms with Gasteiger partial charge in [0, 0.05) is 27.7 Å². The van der Waals surface area contributed by atoms with Crippen LogP contribution in [-0.2, 0) is 10.2 Å². The van der Waals surface area contributed by atoms with Crippen LogP contribution >= 0.6 is 11.6 Å². The molecular weight excluding hydrogens is 324 g/mol. The Kier molecular flexibility index (Phi) is 2.58. The van der Waals surface area contributed by atoms with Gasteiger partial charge < -0.3 is 10.4 Å². The smallest absolute Gasteiger partial charge is 0.235 e. The van der Waals surface area contributed by atoms with E-state index >= 15 is 0 Å². The molecule has 1 aromatic heterocycles. The number of amides is 1. The number of fused-ring (bicyclic) bond motifs is 3. The van der Waals surface area contributed by atoms with Gasteiger partial charge in [0.1, 0.15) is 11.3 Å². The van der Waals surface area contributed by atoms with E-state index in [4.69, 9.17) is 11.6 Å². The fourth-order valence-electron chi connectivity index (χ4n) is 3.86. The fraction of sp³-hybridized carbons (Fsp3) is 0.158. The Morgan fingerprint density at radius 1 is 1.21 bits per heavy atom. The minimum atomic E-state index is -0.578. The Morgan fingerprint density at radius 2 is 2.08 bits per heavy atom. The molecule has 24 heavy (non-hydrogen) atoms. The monoisotopic (exact) mass is 336 g/mol. The van der Waals surface area contributed by atoms with Crippen molar-refractivity contribution in [3.63, 3.8) is 0 Å². The normalized spacial score (nSPS) is 24.2. The number of rotatable bonds is 1. The van der Waals surface area contributed by atoms with E-state index in [-0.39, 0.29) is 17.6 Å². The number of aromatic hydroxyl groups is 1. The van der Waals surface area contributed by atoms with Crippen molar-refractivity contribution in [1.82, 2.24) is 4.98 Å². The summed E-state index contributed by atoms with van der Waals surface area (Å²) in [6.45, 7) is 0. The summed E-state index contributed by atoms with van der Waals surface area (Å²) in [4.78, 5) is 17.2. The third-order valence-corrected chi connectivity index (χ3v) is 5.39. The highest BCUT2D eigenvalue weighted by Gasteiger charge is 2.65. The molecule has 4 nitrogen and oxygen atoms in total. The lowest BCUT2D eigenvalue weighted by atomic mass is 9.93. The lowest BCUT2D eigenvalue weighted by molar-refractivity contribution is -0.118. The second-order valence-corrected chi connectivity index (χ2v) is 6.89. The predicted octanol–water partition coefficient (Wildman–Crippen LogP) is 3.97. The highest BCUT2D eigenvalue weighted by atomic mass is 35.5. The molecule has 0 radical (unpaired) electrons. The van der Waals surface area contributed by atoms with Gasteiger partial charge in [0.2, 0.25) is 5.91 Å². The molecule has 0 bridgehead atoms. The molecule has 2 atom stereocenters. The Labute approximate surface area is 143 Å². The summed E-state index contributed by atoms with van der Waals surface area (Å²) in [7, 11) is 0. The molecule has 2 aliphatic rings. The molecule has 2 heterocycles. The van der Waals surface area contributed by atoms with Crippen molar-refractivity contribution in [1.29, 1.82) is 0 Å². The molecule has 1 aliphatic heterocycles. The summed E-state index contributed by atoms with van der Waals surface area (Å²) < 4.78 is 0. The van der Waals surface area contributed by atoms with Gasteiger partial charge in [0.15, 0.2) is 0 Å². The van der Waals surface area contributed by atoms with Crippen molar-refractivity contribution in [2.75, 3.05) is 5.32 Å². The molecule has 2 aromatic carbocycles. The number of aromatic nitrogens is 1. The molecule has 0 saturated heterocycles. The highest BCUT2D eigenvalue weighted by molar-refractivity contribution is 6.31. The highest BCUT2D eigenvalue weighted by Crippen LogP contribution is 2.64. The van der Waals surface area contributed by atoms with Crippen LogP contribution in [0.1, 0.15) is 23.6 Å². The lowest BCUT2D eigenvalue weighted by Crippen LogP contribution is -2.21. The van der Waals surface area contributed by atoms with Gasteiger partial charge in [0.25, 0.3) is 0 Å². The van der Waals surface area contributed by atoms with E-state index in [1.807, 2.05) is 30.3 Å². The number of anilines is 1. The number of phenolic OH excluding ortho intramolecular Hbond substituents is 1. The molecule has 118 valence electrons. The standard InChI is InChI=1S/C19H13ClN2O2/c20-11-5-7-14-12(8-11)19(18(24)22-14)9-13(19)15-6-4-10-2-1-3-16(23)17(10)21-15/h1-8,13,23H,9H2,(H,22,24). The van der Waals surface area contributed by atoms with Crippen LogP contribution in [0.3, 0.4) is 0 Å². The van der Waals surface area contributed by atoms with Gasteiger partial charge in [-0.2, -0.15) is 0 Å². The quantitative estimate of drug-likeness (QED) is 0.706. The number of hydrogen-bond donors (Lipinski definition) is 2. The summed E-state index contributed by atoms with van der Waals surface area (Å²) in [5, 5.41) is 14.5. The number of para-hydroxylation sites is 1. The van der Waals surface area contributed by atoms with Gasteiger partial charge in [-0.1, -0.05) is 29.8 Å². The van der Waals surface area contributed by atoms with Gasteiger partial charge in [0.05, 0.1) is 5.41 Å². The second kappa shape index (κ2) is 4.48. The first-order valence-electron chi connectivity index (χ1n) is 7.80. The van der Waals surface area contributed by atoms with E-state index in [1.165, 1.54) is 0 Å². The number of hydrogen-bond acceptors (Lipinski definition) is 3. The number of phenols is 1. The van der Waals surface area contributed by atoms with Crippen LogP contribution in [0.5, 0.6) is 5.75 Å². The van der Waals surface area contributed by atoms with Crippen LogP contribution in [0.4, 0.5) is 5.69 Å². The van der Waals surface area contributed by atoms with E-state index in [0.717, 1.165) is 22.3 Å². The zero-order chi connectivity index (χ0) is 16.5. The summed E-state index contributed by atoms with van der Waals surface area (Å²) >= 11 is 6.13. The zero-order valence-corrected chi connectivity index (χ0v) is 13.3. The minimum Gasteiger partial charge on any atom is -0.506 e. The maximum absolute atomic E-state index is 12.6. The SMILES string of the molecule is O=C1Nc2ccc(Cl)cc2C12CC2c1ccc2cccc(O)c2n1. The number of benzene rings is 2. The van der Waals surface area contributed by atoms with E-state index in [9.17, 15) is 9.90 Å². The van der Waals surface area contributed by atoms with Gasteiger partial charge in [-0.15, -0.1) is 0 Å². The van der Waals surface area contributed by atoms with Crippen LogP contribution in [-0.4, -0.2) is 16.0 Å². The van der Waals surface area contributed by atoms with Gasteiger partial charge in [-0.3, -0.25) is 4.79 Å². The van der Waals surface area contributed by atoms with Crippen LogP contribution < -0.4 is 5.32 Å². The average Bonchev–Trinajstić information content (AvgIpc) is 3.27. The third kappa shape index (κ3) is 1.69. The maximum atomic E-state index is 12.6. The molecule has 2 unspecified atom stereocenters. The summed E-state index contributed by atoms with van der Waals surface area (Å²) in [5.41, 5.74) is 2.60. The minimum absolute atomic E-state index is 0.00113. The number of carbonyl (C=O) groups is 1. The maximum Gasteiger partial charge on any atom is 0.235 e. The van der Waals surface area contributed by atoms with Crippen molar-refractivity contribution >= 4 is 34.1 Å². The molecule has 3 aromatic rings. The Bertz CT molecular complexity index is 1030. The molecule has 2 N–H and O–H groups in total. The van der Waals surface area contributed by atoms with Crippen molar-refractivity contribution in [3.8, 4) is 5.75 Å². The lowest BCUT2D eigenvalue weighted by Gasteiger charge is -2.09. The molecular formula is C19H13ClN2O2. The number of pyridine rings is 1. The predicted molar refractivity (Wildman–Crippen MR) is 92.5 cm³/mol. The van der Waals surface area contributed by atoms with Crippen LogP contribution in [0.15, 0.2) is 48.5 Å². The first-order valence-corrected chi connectivity index (χ1v) is 8.17. The summed E-state index contributed by atoms with van der Waals surface area (Å²) in [5.74, 6) is 0.161. The van der Waals surface area contributed by atoms with E-state index < -0.39 is 5.41 Å². The van der Waals surface area contributed by atoms with Crippen molar-refractivity contribution in [2.24, 2.45) is 0 Å². The molecule has 5 rings (SSSR count). The summed E-state index contributed by atoms with van der Waals surface area (Å²) in [6, 6.07) is 14.7. The Balaban J connectivity index is 1.63. The van der Waals surface area contributed by atoms with Gasteiger partial charge in [-0.05, 0) is 42.3 Å². The first kappa shape index (κ1) is 13.8. The van der Waals surface area contributed by atoms with E-state index in [2.05, 4.69) is 10.3 Å². The molecule has 1 spiro atoms. The van der Waals surface area contributed by atoms with Crippen LogP contribution in [0.25, 0.3) is 10.9 Å². The summed E-state index contributed by atoms with van der Waals surface area (Å²) in [6.07, 6.45) is 0.707. The average molecular weight is 337 g/mol. The topological polar surface area (TPSA) is 62.2 Å². The van der Waals surface area contributed by atoms with Crippen molar-refractivity contribution in [2.45, 2.75) is 17.8 Å². The van der Waals surface area contributed by atoms with Crippen molar-refractivity contribution < 1.29 is 9.90 Å². The number of carbonyl (C=O) groups excluding carboxylic acids is 1. The second-order valence-electron chi connectivity index (χ2n) is 6.46. The van der Waals surface area contributed by atoms with Crippen molar-refractivity contribution in [3.05, 3.63) is 64.8 Å². The fourth-order valence-corrected chi connectivity index (χ4v) is 4.03. The number of nitrogens with zero attached hydrogens (tertiary/aromatic N) is 1. The van der Waals surface area contributed by atoms with Crippen LogP contribution in [0, 0.1) is 0 Å². The van der Waals surface area contributed by atoms with E-state index in [0.29, 0.717) is 17.0 Å². The Morgan fingerprint density at radius 3 is 2.96 bits per heavy atom. The van der Waals surface area contributed by atoms with Gasteiger partial charge in [-0.25, -0.2) is 4.98 Å². The molecule has 1 fully saturated rings. The van der Waals surface area contributed by atoms with Crippen LogP contribution in [0.2, 0.25) is 5.02 Å². The molecule has 5 heteroatoms. The number of halogens is 1. The first-order chi connectivity index (χ1) is 11.6. The zero-order valence-electron chi connectivity index (χ0n) is 12.6. The van der Waals surface area contributed by atoms with E-state index in [1.54, 1.807) is 18.2 Å². The largest absolute Gasteiger partial charge is 0.506 e. The molecule has 1 amide bonds. The molecule has 1 saturated carbocycles. The molecule has 1 aliphatic carbocycles. The number of nitrogens with one attached hydrogen (secondary N) is 1.